The van der Waals surface area contributed by atoms with E-state index in [0.717, 1.165) is 19.6 Å². The second kappa shape index (κ2) is 7.74. The minimum absolute atomic E-state index is 0.0117. The number of nitrogens with one attached hydrogen (secondary N) is 2. The van der Waals surface area contributed by atoms with E-state index in [1.54, 1.807) is 0 Å². The molecule has 1 saturated heterocycles. The number of carbonyl (C=O) groups excluding carboxylic acids is 1. The number of piperidine rings is 1. The molecule has 1 aliphatic heterocycles. The maximum atomic E-state index is 12.1. The summed E-state index contributed by atoms with van der Waals surface area (Å²) >= 11 is 0. The summed E-state index contributed by atoms with van der Waals surface area (Å²) in [6.45, 7) is 9.06. The van der Waals surface area contributed by atoms with Gasteiger partial charge in [0, 0.05) is 19.1 Å². The highest BCUT2D eigenvalue weighted by molar-refractivity contribution is 5.81. The third kappa shape index (κ3) is 4.58. The Bertz CT molecular complexity index is 253. The molecule has 1 heterocycles. The molecular weight excluding hydrogens is 226 g/mol. The lowest BCUT2D eigenvalue weighted by Crippen LogP contribution is -2.54. The fraction of sp³-hybridized carbons (Fsp3) is 0.929. The second-order valence-electron chi connectivity index (χ2n) is 5.76. The molecule has 0 saturated carbocycles. The molecular formula is C14H29N3O. The summed E-state index contributed by atoms with van der Waals surface area (Å²) in [4.78, 5) is 14.5. The summed E-state index contributed by atoms with van der Waals surface area (Å²) < 4.78 is 0. The Morgan fingerprint density at radius 1 is 1.33 bits per heavy atom. The Balaban J connectivity index is 2.50. The van der Waals surface area contributed by atoms with Crippen LogP contribution in [0.25, 0.3) is 0 Å². The molecule has 1 fully saturated rings. The second-order valence-corrected chi connectivity index (χ2v) is 5.76. The van der Waals surface area contributed by atoms with Gasteiger partial charge in [-0.2, -0.15) is 0 Å². The number of nitrogens with zero attached hydrogens (tertiary/aromatic N) is 1. The standard InChI is InChI=1S/C14H29N3O/c1-11(2)9-16-14(18)12(3)17-8-6-5-7-13(17)10-15-4/h11-13,15H,5-10H2,1-4H3,(H,16,18). The van der Waals surface area contributed by atoms with Crippen LogP contribution in [0.4, 0.5) is 0 Å². The van der Waals surface area contributed by atoms with Crippen molar-refractivity contribution in [2.75, 3.05) is 26.7 Å². The van der Waals surface area contributed by atoms with Gasteiger partial charge in [0.1, 0.15) is 0 Å². The summed E-state index contributed by atoms with van der Waals surface area (Å²) in [6.07, 6.45) is 3.69. The molecule has 2 atom stereocenters. The van der Waals surface area contributed by atoms with E-state index >= 15 is 0 Å². The molecule has 1 amide bonds. The minimum atomic E-state index is -0.0117. The zero-order chi connectivity index (χ0) is 13.5. The van der Waals surface area contributed by atoms with Crippen LogP contribution in [0.1, 0.15) is 40.0 Å². The van der Waals surface area contributed by atoms with Gasteiger partial charge in [-0.3, -0.25) is 9.69 Å². The van der Waals surface area contributed by atoms with Crippen molar-refractivity contribution in [1.82, 2.24) is 15.5 Å². The van der Waals surface area contributed by atoms with Gasteiger partial charge >= 0.3 is 0 Å². The first-order chi connectivity index (χ1) is 8.56. The lowest BCUT2D eigenvalue weighted by atomic mass is 9.99. The van der Waals surface area contributed by atoms with Gasteiger partial charge in [-0.05, 0) is 39.3 Å². The molecule has 0 aromatic carbocycles. The molecule has 0 spiro atoms. The Hall–Kier alpha value is -0.610. The predicted molar refractivity (Wildman–Crippen MR) is 75.6 cm³/mol. The van der Waals surface area contributed by atoms with Gasteiger partial charge in [0.15, 0.2) is 0 Å². The van der Waals surface area contributed by atoms with E-state index in [1.165, 1.54) is 19.3 Å². The van der Waals surface area contributed by atoms with Crippen molar-refractivity contribution in [3.63, 3.8) is 0 Å². The lowest BCUT2D eigenvalue weighted by Gasteiger charge is -2.39. The predicted octanol–water partition coefficient (Wildman–Crippen LogP) is 1.22. The Morgan fingerprint density at radius 2 is 2.06 bits per heavy atom. The first-order valence-corrected chi connectivity index (χ1v) is 7.24. The first-order valence-electron chi connectivity index (χ1n) is 7.24. The van der Waals surface area contributed by atoms with E-state index in [1.807, 2.05) is 14.0 Å². The van der Waals surface area contributed by atoms with E-state index in [9.17, 15) is 4.79 Å². The van der Waals surface area contributed by atoms with Crippen LogP contribution in [0.15, 0.2) is 0 Å². The largest absolute Gasteiger partial charge is 0.354 e. The van der Waals surface area contributed by atoms with Crippen LogP contribution >= 0.6 is 0 Å². The third-order valence-corrected chi connectivity index (χ3v) is 3.67. The number of hydrogen-bond donors (Lipinski definition) is 2. The average Bonchev–Trinajstić information content (AvgIpc) is 2.36. The molecule has 1 rings (SSSR count). The smallest absolute Gasteiger partial charge is 0.237 e. The van der Waals surface area contributed by atoms with Crippen molar-refractivity contribution >= 4 is 5.91 Å². The number of likely N-dealkylation sites (tertiary alicyclic amines) is 1. The lowest BCUT2D eigenvalue weighted by molar-refractivity contribution is -0.127. The SMILES string of the molecule is CNCC1CCCCN1C(C)C(=O)NCC(C)C. The number of amides is 1. The topological polar surface area (TPSA) is 44.4 Å². The highest BCUT2D eigenvalue weighted by Crippen LogP contribution is 2.19. The molecule has 18 heavy (non-hydrogen) atoms. The van der Waals surface area contributed by atoms with Crippen molar-refractivity contribution in [2.45, 2.75) is 52.1 Å². The van der Waals surface area contributed by atoms with Crippen molar-refractivity contribution in [3.8, 4) is 0 Å². The van der Waals surface area contributed by atoms with E-state index < -0.39 is 0 Å². The molecule has 4 nitrogen and oxygen atoms in total. The summed E-state index contributed by atoms with van der Waals surface area (Å²) in [5, 5.41) is 6.28. The number of carbonyl (C=O) groups is 1. The zero-order valence-electron chi connectivity index (χ0n) is 12.3. The molecule has 0 aromatic rings. The highest BCUT2D eigenvalue weighted by Gasteiger charge is 2.29. The molecule has 0 bridgehead atoms. The first kappa shape index (κ1) is 15.4. The summed E-state index contributed by atoms with van der Waals surface area (Å²) in [6, 6.07) is 0.492. The van der Waals surface area contributed by atoms with Gasteiger partial charge in [0.05, 0.1) is 6.04 Å². The van der Waals surface area contributed by atoms with Crippen LogP contribution in [-0.2, 0) is 4.79 Å². The summed E-state index contributed by atoms with van der Waals surface area (Å²) in [5.41, 5.74) is 0. The van der Waals surface area contributed by atoms with Crippen LogP contribution in [0, 0.1) is 5.92 Å². The van der Waals surface area contributed by atoms with Crippen molar-refractivity contribution in [1.29, 1.82) is 0 Å². The van der Waals surface area contributed by atoms with E-state index in [2.05, 4.69) is 29.4 Å². The molecule has 0 radical (unpaired) electrons. The van der Waals surface area contributed by atoms with Gasteiger partial charge in [-0.25, -0.2) is 0 Å². The number of rotatable bonds is 6. The molecule has 2 N–H and O–H groups in total. The van der Waals surface area contributed by atoms with Gasteiger partial charge in [-0.15, -0.1) is 0 Å². The van der Waals surface area contributed by atoms with Gasteiger partial charge in [0.2, 0.25) is 5.91 Å². The van der Waals surface area contributed by atoms with Gasteiger partial charge < -0.3 is 10.6 Å². The fourth-order valence-electron chi connectivity index (χ4n) is 2.59. The Morgan fingerprint density at radius 3 is 2.67 bits per heavy atom. The average molecular weight is 255 g/mol. The van der Waals surface area contributed by atoms with Gasteiger partial charge in [0.25, 0.3) is 0 Å². The molecule has 1 aliphatic rings. The van der Waals surface area contributed by atoms with E-state index in [-0.39, 0.29) is 11.9 Å². The zero-order valence-corrected chi connectivity index (χ0v) is 12.3. The fourth-order valence-corrected chi connectivity index (χ4v) is 2.59. The maximum Gasteiger partial charge on any atom is 0.237 e. The van der Waals surface area contributed by atoms with E-state index in [4.69, 9.17) is 0 Å². The van der Waals surface area contributed by atoms with Gasteiger partial charge in [-0.1, -0.05) is 20.3 Å². The number of likely N-dealkylation sites (N-methyl/N-ethyl adjacent to an activating group) is 1. The van der Waals surface area contributed by atoms with Crippen LogP contribution < -0.4 is 10.6 Å². The molecule has 0 aliphatic carbocycles. The normalized spacial score (nSPS) is 23.1. The van der Waals surface area contributed by atoms with Crippen molar-refractivity contribution in [2.24, 2.45) is 5.92 Å². The number of hydrogen-bond acceptors (Lipinski definition) is 3. The van der Waals surface area contributed by atoms with Crippen LogP contribution in [0.3, 0.4) is 0 Å². The molecule has 106 valence electrons. The quantitative estimate of drug-likeness (QED) is 0.750. The van der Waals surface area contributed by atoms with Crippen LogP contribution in [-0.4, -0.2) is 49.6 Å². The van der Waals surface area contributed by atoms with E-state index in [0.29, 0.717) is 12.0 Å². The Labute approximate surface area is 111 Å². The molecule has 4 heteroatoms. The van der Waals surface area contributed by atoms with Crippen molar-refractivity contribution in [3.05, 3.63) is 0 Å². The van der Waals surface area contributed by atoms with Crippen LogP contribution in [0.5, 0.6) is 0 Å². The minimum Gasteiger partial charge on any atom is -0.354 e. The maximum absolute atomic E-state index is 12.1. The monoisotopic (exact) mass is 255 g/mol. The molecule has 0 aromatic heterocycles. The van der Waals surface area contributed by atoms with Crippen LogP contribution in [0.2, 0.25) is 0 Å². The summed E-state index contributed by atoms with van der Waals surface area (Å²) in [5.74, 6) is 0.683. The molecule has 2 unspecified atom stereocenters. The van der Waals surface area contributed by atoms with Crippen molar-refractivity contribution < 1.29 is 4.79 Å². The summed E-state index contributed by atoms with van der Waals surface area (Å²) in [7, 11) is 1.98. The highest BCUT2D eigenvalue weighted by atomic mass is 16.2. The third-order valence-electron chi connectivity index (χ3n) is 3.67. The Kier molecular flexibility index (Phi) is 6.65.